The van der Waals surface area contributed by atoms with Crippen LogP contribution in [0.25, 0.3) is 0 Å². The number of likely N-dealkylation sites (tertiary alicyclic amines) is 1. The third-order valence-electron chi connectivity index (χ3n) is 4.13. The molecule has 0 radical (unpaired) electrons. The van der Waals surface area contributed by atoms with Crippen LogP contribution in [0.1, 0.15) is 33.9 Å². The Bertz CT molecular complexity index is 689. The van der Waals surface area contributed by atoms with Crippen LogP contribution in [0.15, 0.2) is 29.6 Å². The van der Waals surface area contributed by atoms with Crippen LogP contribution in [0.2, 0.25) is 0 Å². The molecule has 3 rings (SSSR count). The number of carbonyl (C=O) groups excluding carboxylic acids is 1. The summed E-state index contributed by atoms with van der Waals surface area (Å²) in [5.74, 6) is -0.194. The molecule has 2 aromatic rings. The van der Waals surface area contributed by atoms with Gasteiger partial charge in [-0.15, -0.1) is 11.3 Å². The number of halogens is 1. The number of nitrogens with zero attached hydrogens (tertiary/aromatic N) is 2. The van der Waals surface area contributed by atoms with Gasteiger partial charge in [0, 0.05) is 31.5 Å². The minimum Gasteiger partial charge on any atom is -0.396 e. The van der Waals surface area contributed by atoms with Gasteiger partial charge in [-0.25, -0.2) is 9.37 Å². The number of benzene rings is 1. The van der Waals surface area contributed by atoms with E-state index < -0.39 is 0 Å². The van der Waals surface area contributed by atoms with Crippen molar-refractivity contribution in [2.24, 2.45) is 5.92 Å². The Morgan fingerprint density at radius 3 is 3.04 bits per heavy atom. The number of piperidine rings is 1. The van der Waals surface area contributed by atoms with E-state index in [0.717, 1.165) is 17.8 Å². The first kappa shape index (κ1) is 16.1. The molecule has 1 fully saturated rings. The van der Waals surface area contributed by atoms with E-state index in [1.165, 1.54) is 17.4 Å². The van der Waals surface area contributed by atoms with E-state index in [-0.39, 0.29) is 24.2 Å². The van der Waals surface area contributed by atoms with Crippen molar-refractivity contribution in [1.82, 2.24) is 9.88 Å². The first-order valence-corrected chi connectivity index (χ1v) is 8.63. The fourth-order valence-corrected chi connectivity index (χ4v) is 3.65. The predicted octanol–water partition coefficient (Wildman–Crippen LogP) is 2.72. The van der Waals surface area contributed by atoms with Crippen LogP contribution in [0.4, 0.5) is 4.39 Å². The molecular weight excluding hydrogens is 315 g/mol. The monoisotopic (exact) mass is 334 g/mol. The van der Waals surface area contributed by atoms with Gasteiger partial charge in [0.2, 0.25) is 0 Å². The molecule has 1 aromatic carbocycles. The molecule has 1 unspecified atom stereocenters. The fraction of sp³-hybridized carbons (Fsp3) is 0.412. The third-order valence-corrected chi connectivity index (χ3v) is 4.98. The Morgan fingerprint density at radius 1 is 1.43 bits per heavy atom. The topological polar surface area (TPSA) is 53.4 Å². The van der Waals surface area contributed by atoms with Gasteiger partial charge in [-0.3, -0.25) is 4.79 Å². The highest BCUT2D eigenvalue weighted by Crippen LogP contribution is 2.21. The maximum Gasteiger partial charge on any atom is 0.273 e. The van der Waals surface area contributed by atoms with Gasteiger partial charge in [0.05, 0.1) is 5.01 Å². The zero-order valence-corrected chi connectivity index (χ0v) is 13.6. The summed E-state index contributed by atoms with van der Waals surface area (Å²) in [5, 5.41) is 11.7. The lowest BCUT2D eigenvalue weighted by Crippen LogP contribution is -2.41. The zero-order valence-electron chi connectivity index (χ0n) is 12.7. The third kappa shape index (κ3) is 3.76. The lowest BCUT2D eigenvalue weighted by molar-refractivity contribution is 0.0615. The quantitative estimate of drug-likeness (QED) is 0.935. The summed E-state index contributed by atoms with van der Waals surface area (Å²) >= 11 is 1.38. The molecule has 4 nitrogen and oxygen atoms in total. The molecule has 0 spiro atoms. The molecule has 23 heavy (non-hydrogen) atoms. The summed E-state index contributed by atoms with van der Waals surface area (Å²) in [6, 6.07) is 6.61. The van der Waals surface area contributed by atoms with Crippen molar-refractivity contribution in [2.75, 3.05) is 19.7 Å². The van der Waals surface area contributed by atoms with Gasteiger partial charge < -0.3 is 10.0 Å². The molecule has 0 aliphatic carbocycles. The minimum absolute atomic E-state index is 0.0980. The summed E-state index contributed by atoms with van der Waals surface area (Å²) in [7, 11) is 0. The number of thiazole rings is 1. The normalized spacial score (nSPS) is 18.2. The average molecular weight is 334 g/mol. The number of rotatable bonds is 4. The largest absolute Gasteiger partial charge is 0.396 e. The number of hydrogen-bond donors (Lipinski definition) is 1. The van der Waals surface area contributed by atoms with Crippen molar-refractivity contribution >= 4 is 17.2 Å². The molecule has 0 saturated carbocycles. The number of hydrogen-bond acceptors (Lipinski definition) is 4. The van der Waals surface area contributed by atoms with Gasteiger partial charge in [-0.1, -0.05) is 18.2 Å². The van der Waals surface area contributed by atoms with Crippen LogP contribution >= 0.6 is 11.3 Å². The molecule has 1 amide bonds. The summed E-state index contributed by atoms with van der Waals surface area (Å²) in [5.41, 5.74) is 0.999. The van der Waals surface area contributed by atoms with E-state index in [0.29, 0.717) is 30.8 Å². The van der Waals surface area contributed by atoms with E-state index in [9.17, 15) is 14.3 Å². The van der Waals surface area contributed by atoms with Crippen molar-refractivity contribution in [3.05, 3.63) is 51.7 Å². The number of amides is 1. The highest BCUT2D eigenvalue weighted by molar-refractivity contribution is 7.09. The van der Waals surface area contributed by atoms with Gasteiger partial charge in [0.25, 0.3) is 5.91 Å². The predicted molar refractivity (Wildman–Crippen MR) is 87.0 cm³/mol. The van der Waals surface area contributed by atoms with E-state index in [2.05, 4.69) is 4.98 Å². The van der Waals surface area contributed by atoms with Gasteiger partial charge in [-0.05, 0) is 30.4 Å². The first-order valence-electron chi connectivity index (χ1n) is 7.75. The van der Waals surface area contributed by atoms with Crippen molar-refractivity contribution in [3.8, 4) is 0 Å². The standard InChI is InChI=1S/C17H19FN2O2S/c18-14-6-2-1-5-13(14)8-16-19-15(11-23-16)17(22)20-7-3-4-12(9-20)10-21/h1-2,5-6,11-12,21H,3-4,7-10H2. The fourth-order valence-electron chi connectivity index (χ4n) is 2.86. The van der Waals surface area contributed by atoms with Crippen molar-refractivity contribution in [1.29, 1.82) is 0 Å². The van der Waals surface area contributed by atoms with Gasteiger partial charge in [0.1, 0.15) is 11.5 Å². The molecular formula is C17H19FN2O2S. The lowest BCUT2D eigenvalue weighted by Gasteiger charge is -2.31. The van der Waals surface area contributed by atoms with Crippen molar-refractivity contribution in [3.63, 3.8) is 0 Å². The number of carbonyl (C=O) groups is 1. The van der Waals surface area contributed by atoms with Gasteiger partial charge >= 0.3 is 0 Å². The Hall–Kier alpha value is -1.79. The van der Waals surface area contributed by atoms with E-state index in [4.69, 9.17) is 0 Å². The van der Waals surface area contributed by atoms with Crippen LogP contribution in [0.5, 0.6) is 0 Å². The van der Waals surface area contributed by atoms with Crippen LogP contribution in [0.3, 0.4) is 0 Å². The van der Waals surface area contributed by atoms with Crippen LogP contribution in [-0.2, 0) is 6.42 Å². The maximum absolute atomic E-state index is 13.7. The maximum atomic E-state index is 13.7. The van der Waals surface area contributed by atoms with E-state index >= 15 is 0 Å². The molecule has 0 bridgehead atoms. The molecule has 1 N–H and O–H groups in total. The van der Waals surface area contributed by atoms with E-state index in [1.54, 1.807) is 28.5 Å². The Morgan fingerprint density at radius 2 is 2.26 bits per heavy atom. The SMILES string of the molecule is O=C(c1csc(Cc2ccccc2F)n1)N1CCCC(CO)C1. The Kier molecular flexibility index (Phi) is 5.03. The summed E-state index contributed by atoms with van der Waals surface area (Å²) in [4.78, 5) is 18.6. The summed E-state index contributed by atoms with van der Waals surface area (Å²) in [6.45, 7) is 1.39. The molecule has 1 aliphatic heterocycles. The second-order valence-electron chi connectivity index (χ2n) is 5.84. The second kappa shape index (κ2) is 7.19. The molecule has 6 heteroatoms. The smallest absolute Gasteiger partial charge is 0.273 e. The summed E-state index contributed by atoms with van der Waals surface area (Å²) in [6.07, 6.45) is 2.25. The second-order valence-corrected chi connectivity index (χ2v) is 6.78. The molecule has 122 valence electrons. The van der Waals surface area contributed by atoms with Crippen molar-refractivity contribution in [2.45, 2.75) is 19.3 Å². The molecule has 2 heterocycles. The van der Waals surface area contributed by atoms with Crippen molar-refractivity contribution < 1.29 is 14.3 Å². The lowest BCUT2D eigenvalue weighted by atomic mass is 9.99. The average Bonchev–Trinajstić information content (AvgIpc) is 3.05. The number of aliphatic hydroxyl groups excluding tert-OH is 1. The Labute approximate surface area is 138 Å². The van der Waals surface area contributed by atoms with Crippen LogP contribution < -0.4 is 0 Å². The van der Waals surface area contributed by atoms with Crippen LogP contribution in [-0.4, -0.2) is 40.6 Å². The molecule has 1 aromatic heterocycles. The highest BCUT2D eigenvalue weighted by Gasteiger charge is 2.25. The first-order chi connectivity index (χ1) is 11.2. The van der Waals surface area contributed by atoms with E-state index in [1.807, 2.05) is 0 Å². The van der Waals surface area contributed by atoms with Gasteiger partial charge in [-0.2, -0.15) is 0 Å². The van der Waals surface area contributed by atoms with Gasteiger partial charge in [0.15, 0.2) is 0 Å². The molecule has 1 aliphatic rings. The zero-order chi connectivity index (χ0) is 16.2. The Balaban J connectivity index is 1.69. The van der Waals surface area contributed by atoms with Crippen LogP contribution in [0, 0.1) is 11.7 Å². The number of aromatic nitrogens is 1. The minimum atomic E-state index is -0.252. The molecule has 1 atom stereocenters. The highest BCUT2D eigenvalue weighted by atomic mass is 32.1. The summed E-state index contributed by atoms with van der Waals surface area (Å²) < 4.78 is 13.7. The molecule has 1 saturated heterocycles. The number of aliphatic hydroxyl groups is 1.